The molecule has 6 heteroatoms. The predicted octanol–water partition coefficient (Wildman–Crippen LogP) is 4.56. The Labute approximate surface area is 156 Å². The molecular weight excluding hydrogens is 359 g/mol. The number of benzene rings is 2. The summed E-state index contributed by atoms with van der Waals surface area (Å²) in [5.41, 5.74) is 2.26. The van der Waals surface area contributed by atoms with Gasteiger partial charge in [-0.3, -0.25) is 9.59 Å². The second-order valence-electron chi connectivity index (χ2n) is 6.64. The number of hydrogen-bond donors (Lipinski definition) is 1. The monoisotopic (exact) mass is 376 g/mol. The van der Waals surface area contributed by atoms with Crippen molar-refractivity contribution in [3.05, 3.63) is 57.6 Å². The summed E-state index contributed by atoms with van der Waals surface area (Å²) in [5.74, 6) is -0.403. The van der Waals surface area contributed by atoms with Gasteiger partial charge in [0.15, 0.2) is 0 Å². The zero-order chi connectivity index (χ0) is 18.4. The maximum atomic E-state index is 12.8. The van der Waals surface area contributed by atoms with Crippen LogP contribution in [0.1, 0.15) is 25.0 Å². The molecule has 0 aromatic heterocycles. The molecule has 1 aliphatic heterocycles. The van der Waals surface area contributed by atoms with Crippen LogP contribution in [-0.2, 0) is 15.0 Å². The first-order chi connectivity index (χ1) is 11.7. The predicted molar refractivity (Wildman–Crippen MR) is 102 cm³/mol. The van der Waals surface area contributed by atoms with E-state index in [1.807, 2.05) is 20.8 Å². The van der Waals surface area contributed by atoms with E-state index in [2.05, 4.69) is 5.32 Å². The summed E-state index contributed by atoms with van der Waals surface area (Å²) in [6.45, 7) is 5.44. The fraction of sp³-hybridized carbons (Fsp3) is 0.263. The number of fused-ring (bicyclic) bond motifs is 1. The van der Waals surface area contributed by atoms with E-state index in [4.69, 9.17) is 23.2 Å². The van der Waals surface area contributed by atoms with E-state index in [0.717, 1.165) is 16.8 Å². The normalized spacial score (nSPS) is 15.2. The zero-order valence-electron chi connectivity index (χ0n) is 14.2. The van der Waals surface area contributed by atoms with Crippen molar-refractivity contribution < 1.29 is 9.59 Å². The van der Waals surface area contributed by atoms with Crippen LogP contribution in [0.4, 0.5) is 11.4 Å². The fourth-order valence-corrected chi connectivity index (χ4v) is 3.39. The van der Waals surface area contributed by atoms with Gasteiger partial charge >= 0.3 is 0 Å². The molecule has 2 aromatic carbocycles. The van der Waals surface area contributed by atoms with E-state index in [0.29, 0.717) is 15.7 Å². The van der Waals surface area contributed by atoms with Crippen LogP contribution in [0.3, 0.4) is 0 Å². The van der Waals surface area contributed by atoms with Gasteiger partial charge in [0, 0.05) is 21.4 Å². The first kappa shape index (κ1) is 17.8. The topological polar surface area (TPSA) is 49.4 Å². The highest BCUT2D eigenvalue weighted by Gasteiger charge is 2.44. The van der Waals surface area contributed by atoms with E-state index in [-0.39, 0.29) is 18.4 Å². The Morgan fingerprint density at radius 2 is 1.92 bits per heavy atom. The number of nitrogens with one attached hydrogen (secondary N) is 1. The van der Waals surface area contributed by atoms with E-state index < -0.39 is 5.41 Å². The molecule has 130 valence electrons. The number of anilines is 2. The molecule has 0 radical (unpaired) electrons. The minimum Gasteiger partial charge on any atom is -0.324 e. The number of halogens is 2. The average molecular weight is 377 g/mol. The molecule has 25 heavy (non-hydrogen) atoms. The van der Waals surface area contributed by atoms with Crippen LogP contribution in [0.2, 0.25) is 10.0 Å². The summed E-state index contributed by atoms with van der Waals surface area (Å²) < 4.78 is 0. The van der Waals surface area contributed by atoms with E-state index in [1.54, 1.807) is 36.4 Å². The molecule has 0 fully saturated rings. The van der Waals surface area contributed by atoms with Crippen molar-refractivity contribution in [3.8, 4) is 0 Å². The highest BCUT2D eigenvalue weighted by atomic mass is 35.5. The van der Waals surface area contributed by atoms with Crippen molar-refractivity contribution in [3.63, 3.8) is 0 Å². The Morgan fingerprint density at radius 3 is 2.64 bits per heavy atom. The summed E-state index contributed by atoms with van der Waals surface area (Å²) >= 11 is 12.2. The van der Waals surface area contributed by atoms with Crippen molar-refractivity contribution in [2.24, 2.45) is 0 Å². The number of carbonyl (C=O) groups excluding carboxylic acids is 2. The Morgan fingerprint density at radius 1 is 1.20 bits per heavy atom. The summed E-state index contributed by atoms with van der Waals surface area (Å²) in [5, 5.41) is 3.97. The third kappa shape index (κ3) is 3.12. The second-order valence-corrected chi connectivity index (χ2v) is 7.48. The van der Waals surface area contributed by atoms with E-state index >= 15 is 0 Å². The molecule has 1 N–H and O–H groups in total. The van der Waals surface area contributed by atoms with Crippen LogP contribution in [0.25, 0.3) is 0 Å². The van der Waals surface area contributed by atoms with Gasteiger partial charge in [-0.05, 0) is 62.2 Å². The van der Waals surface area contributed by atoms with Crippen molar-refractivity contribution in [2.75, 3.05) is 16.8 Å². The number of nitrogens with zero attached hydrogens (tertiary/aromatic N) is 1. The maximum Gasteiger partial charge on any atom is 0.244 e. The molecular formula is C19H18Cl2N2O2. The molecule has 0 bridgehead atoms. The number of rotatable bonds is 3. The molecule has 3 rings (SSSR count). The molecule has 2 aromatic rings. The Balaban J connectivity index is 1.85. The van der Waals surface area contributed by atoms with Gasteiger partial charge in [0.2, 0.25) is 11.8 Å². The van der Waals surface area contributed by atoms with Crippen LogP contribution >= 0.6 is 23.2 Å². The number of carbonyl (C=O) groups is 2. The van der Waals surface area contributed by atoms with Gasteiger partial charge in [0.1, 0.15) is 6.54 Å². The molecule has 4 nitrogen and oxygen atoms in total. The highest BCUT2D eigenvalue weighted by Crippen LogP contribution is 2.42. The lowest BCUT2D eigenvalue weighted by Crippen LogP contribution is -2.40. The quantitative estimate of drug-likeness (QED) is 0.852. The summed E-state index contributed by atoms with van der Waals surface area (Å²) in [7, 11) is 0. The minimum absolute atomic E-state index is 0.0666. The lowest BCUT2D eigenvalue weighted by atomic mass is 9.86. The van der Waals surface area contributed by atoms with Crippen molar-refractivity contribution in [1.29, 1.82) is 0 Å². The van der Waals surface area contributed by atoms with Crippen LogP contribution in [0, 0.1) is 6.92 Å². The smallest absolute Gasteiger partial charge is 0.244 e. The summed E-state index contributed by atoms with van der Waals surface area (Å²) in [4.78, 5) is 26.8. The molecule has 0 saturated heterocycles. The molecule has 0 spiro atoms. The fourth-order valence-electron chi connectivity index (χ4n) is 3.04. The van der Waals surface area contributed by atoms with Crippen LogP contribution in [0.15, 0.2) is 36.4 Å². The number of amides is 2. The zero-order valence-corrected chi connectivity index (χ0v) is 15.7. The molecule has 0 saturated carbocycles. The van der Waals surface area contributed by atoms with Gasteiger partial charge in [-0.1, -0.05) is 29.3 Å². The Bertz CT molecular complexity index is 878. The Kier molecular flexibility index (Phi) is 4.52. The SMILES string of the molecule is Cc1c(Cl)cccc1NC(=O)CN1C(=O)C(C)(C)c2cc(Cl)ccc21. The lowest BCUT2D eigenvalue weighted by molar-refractivity contribution is -0.124. The van der Waals surface area contributed by atoms with Crippen LogP contribution < -0.4 is 10.2 Å². The highest BCUT2D eigenvalue weighted by molar-refractivity contribution is 6.32. The van der Waals surface area contributed by atoms with Gasteiger partial charge in [0.05, 0.1) is 5.41 Å². The van der Waals surface area contributed by atoms with Crippen molar-refractivity contribution in [2.45, 2.75) is 26.2 Å². The minimum atomic E-state index is -0.716. The molecule has 0 atom stereocenters. The Hall–Kier alpha value is -2.04. The first-order valence-corrected chi connectivity index (χ1v) is 8.64. The average Bonchev–Trinajstić information content (AvgIpc) is 2.73. The third-order valence-corrected chi connectivity index (χ3v) is 5.19. The molecule has 1 heterocycles. The second kappa shape index (κ2) is 6.36. The van der Waals surface area contributed by atoms with Gasteiger partial charge in [0.25, 0.3) is 0 Å². The summed E-state index contributed by atoms with van der Waals surface area (Å²) in [6, 6.07) is 10.6. The first-order valence-electron chi connectivity index (χ1n) is 7.89. The largest absolute Gasteiger partial charge is 0.324 e. The van der Waals surface area contributed by atoms with Gasteiger partial charge in [-0.2, -0.15) is 0 Å². The molecule has 1 aliphatic rings. The number of hydrogen-bond acceptors (Lipinski definition) is 2. The van der Waals surface area contributed by atoms with E-state index in [9.17, 15) is 9.59 Å². The third-order valence-electron chi connectivity index (χ3n) is 4.55. The van der Waals surface area contributed by atoms with Crippen molar-refractivity contribution in [1.82, 2.24) is 0 Å². The van der Waals surface area contributed by atoms with Crippen LogP contribution in [0.5, 0.6) is 0 Å². The van der Waals surface area contributed by atoms with Gasteiger partial charge in [-0.25, -0.2) is 0 Å². The summed E-state index contributed by atoms with van der Waals surface area (Å²) in [6.07, 6.45) is 0. The molecule has 2 amide bonds. The van der Waals surface area contributed by atoms with Gasteiger partial charge < -0.3 is 10.2 Å². The lowest BCUT2D eigenvalue weighted by Gasteiger charge is -2.20. The van der Waals surface area contributed by atoms with Gasteiger partial charge in [-0.15, -0.1) is 0 Å². The molecule has 0 unspecified atom stereocenters. The molecule has 0 aliphatic carbocycles. The van der Waals surface area contributed by atoms with Crippen LogP contribution in [-0.4, -0.2) is 18.4 Å². The standard InChI is InChI=1S/C19H18Cl2N2O2/c1-11-14(21)5-4-6-15(11)22-17(24)10-23-16-8-7-12(20)9-13(16)19(2,3)18(23)25/h4-9H,10H2,1-3H3,(H,22,24). The van der Waals surface area contributed by atoms with Crippen molar-refractivity contribution >= 4 is 46.4 Å². The van der Waals surface area contributed by atoms with E-state index in [1.165, 1.54) is 4.90 Å². The maximum absolute atomic E-state index is 12.8.